The van der Waals surface area contributed by atoms with Crippen molar-refractivity contribution in [2.45, 2.75) is 37.8 Å². The van der Waals surface area contributed by atoms with Crippen LogP contribution in [0.4, 0.5) is 10.2 Å². The van der Waals surface area contributed by atoms with Gasteiger partial charge >= 0.3 is 5.97 Å². The molecule has 8 heteroatoms. The molecule has 7 nitrogen and oxygen atoms in total. The predicted octanol–water partition coefficient (Wildman–Crippen LogP) is 0.987. The molecule has 0 atom stereocenters. The molecule has 142 valence electrons. The van der Waals surface area contributed by atoms with Gasteiger partial charge in [-0.05, 0) is 43.7 Å². The molecule has 1 amide bonds. The SMILES string of the molecule is O=C(O)CN1CC(F)(C(=O)NCCCCc2ccc3c(n2)NCCC3)C1. The van der Waals surface area contributed by atoms with E-state index in [-0.39, 0.29) is 19.6 Å². The lowest BCUT2D eigenvalue weighted by atomic mass is 9.95. The lowest BCUT2D eigenvalue weighted by Gasteiger charge is -2.42. The van der Waals surface area contributed by atoms with E-state index < -0.39 is 17.5 Å². The number of aryl methyl sites for hydroxylation is 2. The van der Waals surface area contributed by atoms with Crippen LogP contribution in [0.3, 0.4) is 0 Å². The summed E-state index contributed by atoms with van der Waals surface area (Å²) in [6.07, 6.45) is 4.62. The third-order valence-electron chi connectivity index (χ3n) is 4.81. The van der Waals surface area contributed by atoms with Crippen LogP contribution in [0.2, 0.25) is 0 Å². The van der Waals surface area contributed by atoms with Crippen molar-refractivity contribution in [3.63, 3.8) is 0 Å². The van der Waals surface area contributed by atoms with Gasteiger partial charge in [-0.3, -0.25) is 14.5 Å². The second-order valence-electron chi connectivity index (χ2n) is 7.06. The maximum atomic E-state index is 14.3. The van der Waals surface area contributed by atoms with E-state index in [4.69, 9.17) is 5.11 Å². The molecule has 1 saturated heterocycles. The highest BCUT2D eigenvalue weighted by atomic mass is 19.1. The van der Waals surface area contributed by atoms with Crippen molar-refractivity contribution in [2.75, 3.05) is 38.0 Å². The molecule has 2 aliphatic heterocycles. The summed E-state index contributed by atoms with van der Waals surface area (Å²) in [5.74, 6) is -0.675. The largest absolute Gasteiger partial charge is 0.480 e. The first kappa shape index (κ1) is 18.6. The topological polar surface area (TPSA) is 94.6 Å². The molecule has 1 aromatic rings. The molecule has 0 bridgehead atoms. The van der Waals surface area contributed by atoms with E-state index in [1.165, 1.54) is 10.5 Å². The van der Waals surface area contributed by atoms with Gasteiger partial charge in [-0.1, -0.05) is 6.07 Å². The minimum absolute atomic E-state index is 0.156. The third kappa shape index (κ3) is 4.49. The third-order valence-corrected chi connectivity index (χ3v) is 4.81. The Hall–Kier alpha value is -2.22. The van der Waals surface area contributed by atoms with Crippen LogP contribution >= 0.6 is 0 Å². The van der Waals surface area contributed by atoms with Gasteiger partial charge in [-0.2, -0.15) is 0 Å². The zero-order chi connectivity index (χ0) is 18.6. The fourth-order valence-corrected chi connectivity index (χ4v) is 3.41. The van der Waals surface area contributed by atoms with E-state index in [9.17, 15) is 14.0 Å². The van der Waals surface area contributed by atoms with E-state index in [1.807, 2.05) is 6.07 Å². The molecular formula is C18H25FN4O3. The molecule has 1 aromatic heterocycles. The molecule has 0 aromatic carbocycles. The van der Waals surface area contributed by atoms with E-state index in [2.05, 4.69) is 21.7 Å². The van der Waals surface area contributed by atoms with Crippen LogP contribution in [0.15, 0.2) is 12.1 Å². The molecule has 0 radical (unpaired) electrons. The van der Waals surface area contributed by atoms with E-state index in [1.54, 1.807) is 0 Å². The summed E-state index contributed by atoms with van der Waals surface area (Å²) in [5.41, 5.74) is 0.328. The first-order valence-corrected chi connectivity index (χ1v) is 9.10. The van der Waals surface area contributed by atoms with Gasteiger partial charge in [0.2, 0.25) is 5.67 Å². The van der Waals surface area contributed by atoms with Gasteiger partial charge in [-0.25, -0.2) is 9.37 Å². The quantitative estimate of drug-likeness (QED) is 0.596. The van der Waals surface area contributed by atoms with Gasteiger partial charge in [0, 0.05) is 31.9 Å². The highest BCUT2D eigenvalue weighted by molar-refractivity contribution is 5.87. The average Bonchev–Trinajstić information content (AvgIpc) is 2.59. The number of carbonyl (C=O) groups excluding carboxylic acids is 1. The monoisotopic (exact) mass is 364 g/mol. The zero-order valence-corrected chi connectivity index (χ0v) is 14.8. The lowest BCUT2D eigenvalue weighted by Crippen LogP contribution is -2.66. The summed E-state index contributed by atoms with van der Waals surface area (Å²) in [7, 11) is 0. The number of nitrogens with one attached hydrogen (secondary N) is 2. The molecule has 3 rings (SSSR count). The molecule has 0 saturated carbocycles. The molecule has 26 heavy (non-hydrogen) atoms. The fourth-order valence-electron chi connectivity index (χ4n) is 3.41. The van der Waals surface area contributed by atoms with E-state index in [0.29, 0.717) is 6.54 Å². The van der Waals surface area contributed by atoms with Crippen molar-refractivity contribution < 1.29 is 19.1 Å². The van der Waals surface area contributed by atoms with Crippen molar-refractivity contribution in [1.29, 1.82) is 0 Å². The summed E-state index contributed by atoms with van der Waals surface area (Å²) in [6, 6.07) is 4.17. The summed E-state index contributed by atoms with van der Waals surface area (Å²) in [5, 5.41) is 14.6. The van der Waals surface area contributed by atoms with E-state index in [0.717, 1.165) is 50.2 Å². The summed E-state index contributed by atoms with van der Waals surface area (Å²) >= 11 is 0. The van der Waals surface area contributed by atoms with Gasteiger partial charge in [0.15, 0.2) is 0 Å². The van der Waals surface area contributed by atoms with Crippen LogP contribution in [0, 0.1) is 0 Å². The number of likely N-dealkylation sites (tertiary alicyclic amines) is 1. The number of halogens is 1. The number of nitrogens with zero attached hydrogens (tertiary/aromatic N) is 2. The Morgan fingerprint density at radius 3 is 2.92 bits per heavy atom. The van der Waals surface area contributed by atoms with Crippen LogP contribution in [0.1, 0.15) is 30.5 Å². The van der Waals surface area contributed by atoms with Crippen LogP contribution in [-0.2, 0) is 22.4 Å². The molecular weight excluding hydrogens is 339 g/mol. The number of anilines is 1. The van der Waals surface area contributed by atoms with E-state index >= 15 is 0 Å². The second-order valence-corrected chi connectivity index (χ2v) is 7.06. The van der Waals surface area contributed by atoms with Crippen LogP contribution < -0.4 is 10.6 Å². The molecule has 1 fully saturated rings. The van der Waals surface area contributed by atoms with Gasteiger partial charge in [-0.15, -0.1) is 0 Å². The summed E-state index contributed by atoms with van der Waals surface area (Å²) in [6.45, 7) is 0.826. The smallest absolute Gasteiger partial charge is 0.317 e. The number of carboxylic acid groups (broad SMARTS) is 1. The van der Waals surface area contributed by atoms with Crippen molar-refractivity contribution in [1.82, 2.24) is 15.2 Å². The molecule has 3 heterocycles. The number of carbonyl (C=O) groups is 2. The number of aliphatic carboxylic acids is 1. The van der Waals surface area contributed by atoms with Crippen LogP contribution in [0.5, 0.6) is 0 Å². The number of hydrogen-bond acceptors (Lipinski definition) is 5. The summed E-state index contributed by atoms with van der Waals surface area (Å²) in [4.78, 5) is 28.5. The Morgan fingerprint density at radius 2 is 2.15 bits per heavy atom. The Labute approximate surface area is 152 Å². The number of aromatic nitrogens is 1. The Bertz CT molecular complexity index is 676. The number of fused-ring (bicyclic) bond motifs is 1. The van der Waals surface area contributed by atoms with Crippen molar-refractivity contribution >= 4 is 17.7 Å². The minimum atomic E-state index is -1.96. The molecule has 0 spiro atoms. The highest BCUT2D eigenvalue weighted by Crippen LogP contribution is 2.25. The standard InChI is InChI=1S/C18H25FN4O3/c19-18(11-23(12-18)10-15(24)25)17(26)21-8-2-1-5-14-7-6-13-4-3-9-20-16(13)22-14/h6-7H,1-5,8-12H2,(H,20,22)(H,21,26)(H,24,25). The Balaban J connectivity index is 1.33. The maximum Gasteiger partial charge on any atom is 0.317 e. The Morgan fingerprint density at radius 1 is 1.35 bits per heavy atom. The van der Waals surface area contributed by atoms with Crippen LogP contribution in [-0.4, -0.2) is 65.3 Å². The zero-order valence-electron chi connectivity index (χ0n) is 14.8. The fraction of sp³-hybridized carbons (Fsp3) is 0.611. The van der Waals surface area contributed by atoms with Gasteiger partial charge in [0.25, 0.3) is 5.91 Å². The number of rotatable bonds is 8. The van der Waals surface area contributed by atoms with Crippen molar-refractivity contribution in [3.05, 3.63) is 23.4 Å². The molecule has 0 unspecified atom stereocenters. The minimum Gasteiger partial charge on any atom is -0.480 e. The van der Waals surface area contributed by atoms with Crippen molar-refractivity contribution in [3.8, 4) is 0 Å². The number of amides is 1. The second kappa shape index (κ2) is 7.99. The first-order valence-electron chi connectivity index (χ1n) is 9.10. The number of alkyl halides is 1. The highest BCUT2D eigenvalue weighted by Gasteiger charge is 2.50. The number of carboxylic acids is 1. The van der Waals surface area contributed by atoms with Gasteiger partial charge in [0.1, 0.15) is 5.82 Å². The van der Waals surface area contributed by atoms with Crippen LogP contribution in [0.25, 0.3) is 0 Å². The normalized spacial score (nSPS) is 18.3. The number of unbranched alkanes of at least 4 members (excludes halogenated alkanes) is 1. The first-order chi connectivity index (χ1) is 12.5. The number of pyridine rings is 1. The average molecular weight is 364 g/mol. The summed E-state index contributed by atoms with van der Waals surface area (Å²) < 4.78 is 14.3. The molecule has 0 aliphatic carbocycles. The van der Waals surface area contributed by atoms with Gasteiger partial charge in [0.05, 0.1) is 6.54 Å². The molecule has 3 N–H and O–H groups in total. The number of hydrogen-bond donors (Lipinski definition) is 3. The maximum absolute atomic E-state index is 14.3. The predicted molar refractivity (Wildman–Crippen MR) is 94.9 cm³/mol. The molecule has 2 aliphatic rings. The Kier molecular flexibility index (Phi) is 5.70. The lowest BCUT2D eigenvalue weighted by molar-refractivity contribution is -0.152. The van der Waals surface area contributed by atoms with Gasteiger partial charge < -0.3 is 15.7 Å². The van der Waals surface area contributed by atoms with Crippen molar-refractivity contribution in [2.24, 2.45) is 0 Å².